The minimum Gasteiger partial charge on any atom is -0.378 e. The molecule has 0 bridgehead atoms. The molecule has 0 saturated heterocycles. The molecule has 0 spiro atoms. The summed E-state index contributed by atoms with van der Waals surface area (Å²) >= 11 is 0. The molecule has 0 heterocycles. The van der Waals surface area contributed by atoms with E-state index in [9.17, 15) is 9.59 Å². The molecule has 144 valence electrons. The van der Waals surface area contributed by atoms with Crippen LogP contribution < -0.4 is 20.0 Å². The number of carbonyl (C=O) groups is 2. The molecule has 0 aliphatic carbocycles. The summed E-state index contributed by atoms with van der Waals surface area (Å²) in [5.41, 5.74) is 3.66. The van der Waals surface area contributed by atoms with E-state index in [1.807, 2.05) is 86.5 Å². The van der Waals surface area contributed by atoms with Crippen LogP contribution in [0, 0.1) is 0 Å². The lowest BCUT2D eigenvalue weighted by atomic mass is 10.2. The minimum atomic E-state index is -0.122. The molecule has 1 N–H and O–H groups in total. The summed E-state index contributed by atoms with van der Waals surface area (Å²) in [6.45, 7) is 1.84. The number of amides is 2. The predicted molar refractivity (Wildman–Crippen MR) is 113 cm³/mol. The standard InChI is InChI=1S/C21H28N4O2/c1-16(26)25(20-12-10-19(11-13-20)24(4)5)15-14-21(27)22-17-6-8-18(9-7-17)23(2)3/h6-13H,14-15H2,1-5H3,(H,22,27). The lowest BCUT2D eigenvalue weighted by molar-refractivity contribution is -0.117. The minimum absolute atomic E-state index is 0.0873. The van der Waals surface area contributed by atoms with Gasteiger partial charge in [-0.15, -0.1) is 0 Å². The summed E-state index contributed by atoms with van der Waals surface area (Å²) in [6.07, 6.45) is 0.227. The SMILES string of the molecule is CC(=O)N(CCC(=O)Nc1ccc(N(C)C)cc1)c1ccc(N(C)C)cc1. The number of hydrogen-bond donors (Lipinski definition) is 1. The highest BCUT2D eigenvalue weighted by Crippen LogP contribution is 2.20. The van der Waals surface area contributed by atoms with Gasteiger partial charge in [-0.05, 0) is 48.5 Å². The number of rotatable bonds is 7. The van der Waals surface area contributed by atoms with Gasteiger partial charge in [0, 0.05) is 70.8 Å². The molecule has 0 radical (unpaired) electrons. The fourth-order valence-corrected chi connectivity index (χ4v) is 2.68. The van der Waals surface area contributed by atoms with Crippen LogP contribution in [-0.4, -0.2) is 46.5 Å². The van der Waals surface area contributed by atoms with E-state index in [-0.39, 0.29) is 18.2 Å². The zero-order valence-corrected chi connectivity index (χ0v) is 16.7. The van der Waals surface area contributed by atoms with Gasteiger partial charge < -0.3 is 20.0 Å². The van der Waals surface area contributed by atoms with E-state index in [1.165, 1.54) is 6.92 Å². The molecule has 2 amide bonds. The Morgan fingerprint density at radius 1 is 0.778 bits per heavy atom. The van der Waals surface area contributed by atoms with E-state index in [0.29, 0.717) is 6.54 Å². The molecule has 0 aliphatic heterocycles. The van der Waals surface area contributed by atoms with Crippen LogP contribution in [0.4, 0.5) is 22.7 Å². The van der Waals surface area contributed by atoms with E-state index in [2.05, 4.69) is 5.32 Å². The number of hydrogen-bond acceptors (Lipinski definition) is 4. The van der Waals surface area contributed by atoms with Crippen molar-refractivity contribution in [2.24, 2.45) is 0 Å². The number of benzene rings is 2. The first-order valence-electron chi connectivity index (χ1n) is 8.90. The quantitative estimate of drug-likeness (QED) is 0.815. The fraction of sp³-hybridized carbons (Fsp3) is 0.333. The van der Waals surface area contributed by atoms with Crippen LogP contribution in [0.1, 0.15) is 13.3 Å². The Morgan fingerprint density at radius 3 is 1.67 bits per heavy atom. The van der Waals surface area contributed by atoms with Crippen molar-refractivity contribution < 1.29 is 9.59 Å². The third-order valence-corrected chi connectivity index (χ3v) is 4.29. The number of nitrogens with zero attached hydrogens (tertiary/aromatic N) is 3. The second kappa shape index (κ2) is 9.07. The summed E-state index contributed by atoms with van der Waals surface area (Å²) in [6, 6.07) is 15.3. The molecular formula is C21H28N4O2. The Bertz CT molecular complexity index is 768. The second-order valence-corrected chi connectivity index (χ2v) is 6.82. The molecule has 2 rings (SSSR count). The fourth-order valence-electron chi connectivity index (χ4n) is 2.68. The Hall–Kier alpha value is -3.02. The van der Waals surface area contributed by atoms with Crippen LogP contribution in [0.3, 0.4) is 0 Å². The van der Waals surface area contributed by atoms with Crippen molar-refractivity contribution in [3.8, 4) is 0 Å². The van der Waals surface area contributed by atoms with Crippen LogP contribution in [0.2, 0.25) is 0 Å². The van der Waals surface area contributed by atoms with E-state index >= 15 is 0 Å². The highest BCUT2D eigenvalue weighted by atomic mass is 16.2. The summed E-state index contributed by atoms with van der Waals surface area (Å²) < 4.78 is 0. The van der Waals surface area contributed by atoms with Crippen molar-refractivity contribution in [2.75, 3.05) is 54.8 Å². The van der Waals surface area contributed by atoms with Crippen LogP contribution in [0.25, 0.3) is 0 Å². The number of carbonyl (C=O) groups excluding carboxylic acids is 2. The van der Waals surface area contributed by atoms with Gasteiger partial charge in [0.15, 0.2) is 0 Å². The first-order chi connectivity index (χ1) is 12.8. The third-order valence-electron chi connectivity index (χ3n) is 4.29. The van der Waals surface area contributed by atoms with Gasteiger partial charge in [0.25, 0.3) is 0 Å². The molecule has 0 fully saturated rings. The normalized spacial score (nSPS) is 10.3. The van der Waals surface area contributed by atoms with Gasteiger partial charge in [0.1, 0.15) is 0 Å². The predicted octanol–water partition coefficient (Wildman–Crippen LogP) is 3.20. The zero-order valence-electron chi connectivity index (χ0n) is 16.7. The van der Waals surface area contributed by atoms with Gasteiger partial charge in [-0.25, -0.2) is 0 Å². The van der Waals surface area contributed by atoms with Gasteiger partial charge in [-0.3, -0.25) is 9.59 Å². The topological polar surface area (TPSA) is 55.9 Å². The molecule has 0 atom stereocenters. The average molecular weight is 368 g/mol. The number of nitrogens with one attached hydrogen (secondary N) is 1. The van der Waals surface area contributed by atoms with Gasteiger partial charge >= 0.3 is 0 Å². The van der Waals surface area contributed by atoms with E-state index in [0.717, 1.165) is 22.7 Å². The van der Waals surface area contributed by atoms with Gasteiger partial charge in [-0.2, -0.15) is 0 Å². The van der Waals surface area contributed by atoms with E-state index < -0.39 is 0 Å². The lowest BCUT2D eigenvalue weighted by Gasteiger charge is -2.22. The van der Waals surface area contributed by atoms with Gasteiger partial charge in [0.2, 0.25) is 11.8 Å². The molecular weight excluding hydrogens is 340 g/mol. The molecule has 0 aliphatic rings. The Balaban J connectivity index is 1.96. The summed E-state index contributed by atoms with van der Waals surface area (Å²) in [7, 11) is 7.87. The molecule has 27 heavy (non-hydrogen) atoms. The highest BCUT2D eigenvalue weighted by Gasteiger charge is 2.14. The lowest BCUT2D eigenvalue weighted by Crippen LogP contribution is -2.32. The zero-order chi connectivity index (χ0) is 20.0. The molecule has 2 aromatic carbocycles. The van der Waals surface area contributed by atoms with Gasteiger partial charge in [-0.1, -0.05) is 0 Å². The van der Waals surface area contributed by atoms with Crippen LogP contribution in [0.15, 0.2) is 48.5 Å². The molecule has 6 nitrogen and oxygen atoms in total. The van der Waals surface area contributed by atoms with Crippen LogP contribution in [-0.2, 0) is 9.59 Å². The number of anilines is 4. The van der Waals surface area contributed by atoms with Crippen molar-refractivity contribution in [2.45, 2.75) is 13.3 Å². The van der Waals surface area contributed by atoms with Crippen LogP contribution in [0.5, 0.6) is 0 Å². The molecule has 6 heteroatoms. The Kier molecular flexibility index (Phi) is 6.82. The average Bonchev–Trinajstić information content (AvgIpc) is 2.62. The maximum Gasteiger partial charge on any atom is 0.226 e. The van der Waals surface area contributed by atoms with E-state index in [4.69, 9.17) is 0 Å². The van der Waals surface area contributed by atoms with Crippen molar-refractivity contribution in [1.29, 1.82) is 0 Å². The summed E-state index contributed by atoms with van der Waals surface area (Å²) in [4.78, 5) is 29.9. The maximum absolute atomic E-state index is 12.3. The first-order valence-corrected chi connectivity index (χ1v) is 8.90. The molecule has 0 aromatic heterocycles. The molecule has 0 saturated carbocycles. The van der Waals surface area contributed by atoms with Crippen LogP contribution >= 0.6 is 0 Å². The van der Waals surface area contributed by atoms with Crippen molar-refractivity contribution in [1.82, 2.24) is 0 Å². The Morgan fingerprint density at radius 2 is 1.22 bits per heavy atom. The first kappa shape index (κ1) is 20.3. The Labute approximate surface area is 161 Å². The van der Waals surface area contributed by atoms with E-state index in [1.54, 1.807) is 4.90 Å². The monoisotopic (exact) mass is 368 g/mol. The third kappa shape index (κ3) is 5.74. The van der Waals surface area contributed by atoms with Crippen molar-refractivity contribution in [3.05, 3.63) is 48.5 Å². The summed E-state index contributed by atoms with van der Waals surface area (Å²) in [5.74, 6) is -0.209. The largest absolute Gasteiger partial charge is 0.378 e. The van der Waals surface area contributed by atoms with Gasteiger partial charge in [0.05, 0.1) is 0 Å². The molecule has 2 aromatic rings. The summed E-state index contributed by atoms with van der Waals surface area (Å²) in [5, 5.41) is 2.88. The van der Waals surface area contributed by atoms with Crippen molar-refractivity contribution in [3.63, 3.8) is 0 Å². The highest BCUT2D eigenvalue weighted by molar-refractivity contribution is 5.95. The smallest absolute Gasteiger partial charge is 0.226 e. The molecule has 0 unspecified atom stereocenters. The second-order valence-electron chi connectivity index (χ2n) is 6.82. The van der Waals surface area contributed by atoms with Crippen molar-refractivity contribution >= 4 is 34.6 Å². The maximum atomic E-state index is 12.3.